The van der Waals surface area contributed by atoms with Crippen molar-refractivity contribution in [2.75, 3.05) is 19.7 Å². The van der Waals surface area contributed by atoms with Crippen LogP contribution in [0.4, 0.5) is 4.79 Å². The molecule has 6 nitrogen and oxygen atoms in total. The van der Waals surface area contributed by atoms with Gasteiger partial charge in [0.15, 0.2) is 0 Å². The first-order valence-electron chi connectivity index (χ1n) is 8.78. The van der Waals surface area contributed by atoms with Gasteiger partial charge in [-0.2, -0.15) is 0 Å². The van der Waals surface area contributed by atoms with Crippen LogP contribution in [0, 0.1) is 5.92 Å². The largest absolute Gasteiger partial charge is 0.378 e. The molecule has 0 aromatic carbocycles. The molecule has 24 heavy (non-hydrogen) atoms. The topological polar surface area (TPSA) is 67.4 Å². The van der Waals surface area contributed by atoms with E-state index in [1.807, 2.05) is 11.8 Å². The number of urea groups is 1. The van der Waals surface area contributed by atoms with Gasteiger partial charge >= 0.3 is 6.03 Å². The normalized spacial score (nSPS) is 26.0. The van der Waals surface area contributed by atoms with E-state index in [0.717, 1.165) is 49.9 Å². The third-order valence-electron chi connectivity index (χ3n) is 4.85. The lowest BCUT2D eigenvalue weighted by Crippen LogP contribution is -2.49. The minimum Gasteiger partial charge on any atom is -0.378 e. The first-order chi connectivity index (χ1) is 11.6. The first-order valence-corrected chi connectivity index (χ1v) is 9.57. The summed E-state index contributed by atoms with van der Waals surface area (Å²) in [5.74, 6) is 1.08. The Morgan fingerprint density at radius 3 is 2.83 bits per heavy atom. The molecular formula is C17H25BrN4O2. The van der Waals surface area contributed by atoms with Gasteiger partial charge in [-0.1, -0.05) is 0 Å². The average Bonchev–Trinajstić information content (AvgIpc) is 2.63. The second kappa shape index (κ2) is 8.25. The van der Waals surface area contributed by atoms with E-state index in [1.54, 1.807) is 12.4 Å². The lowest BCUT2D eigenvalue weighted by atomic mass is 9.88. The Balaban J connectivity index is 1.54. The quantitative estimate of drug-likeness (QED) is 0.850. The lowest BCUT2D eigenvalue weighted by Gasteiger charge is -2.38. The van der Waals surface area contributed by atoms with Crippen LogP contribution in [-0.2, 0) is 4.74 Å². The number of nitrogens with zero attached hydrogens (tertiary/aromatic N) is 3. The molecule has 2 amide bonds. The van der Waals surface area contributed by atoms with Crippen LogP contribution in [0.15, 0.2) is 16.9 Å². The van der Waals surface area contributed by atoms with Gasteiger partial charge in [0.2, 0.25) is 0 Å². The number of rotatable bonds is 3. The van der Waals surface area contributed by atoms with Gasteiger partial charge in [0.05, 0.1) is 16.6 Å². The summed E-state index contributed by atoms with van der Waals surface area (Å²) in [6, 6.07) is -0.244. The van der Waals surface area contributed by atoms with E-state index in [9.17, 15) is 4.79 Å². The maximum Gasteiger partial charge on any atom is 0.317 e. The SMILES string of the molecule is CC(NC(=O)N1CCCC(C2CCCCO2)C1)c1ncc(Br)cn1. The molecule has 2 aliphatic heterocycles. The van der Waals surface area contributed by atoms with Crippen LogP contribution in [0.2, 0.25) is 0 Å². The van der Waals surface area contributed by atoms with Gasteiger partial charge in [-0.3, -0.25) is 0 Å². The molecule has 2 saturated heterocycles. The third kappa shape index (κ3) is 4.45. The predicted molar refractivity (Wildman–Crippen MR) is 94.6 cm³/mol. The van der Waals surface area contributed by atoms with Gasteiger partial charge in [-0.25, -0.2) is 14.8 Å². The van der Waals surface area contributed by atoms with E-state index in [2.05, 4.69) is 31.2 Å². The van der Waals surface area contributed by atoms with Gasteiger partial charge in [0.25, 0.3) is 0 Å². The fraction of sp³-hybridized carbons (Fsp3) is 0.706. The monoisotopic (exact) mass is 396 g/mol. The zero-order valence-corrected chi connectivity index (χ0v) is 15.7. The molecule has 0 bridgehead atoms. The molecule has 1 aromatic heterocycles. The van der Waals surface area contributed by atoms with E-state index in [-0.39, 0.29) is 12.1 Å². The van der Waals surface area contributed by atoms with Crippen LogP contribution in [0.25, 0.3) is 0 Å². The molecule has 2 aliphatic rings. The molecule has 0 aliphatic carbocycles. The van der Waals surface area contributed by atoms with E-state index < -0.39 is 0 Å². The van der Waals surface area contributed by atoms with Crippen LogP contribution in [0.1, 0.15) is 50.9 Å². The average molecular weight is 397 g/mol. The Hall–Kier alpha value is -1.21. The van der Waals surface area contributed by atoms with Gasteiger partial charge in [0, 0.05) is 38.0 Å². The molecule has 3 unspecified atom stereocenters. The Bertz CT molecular complexity index is 548. The van der Waals surface area contributed by atoms with Gasteiger partial charge in [-0.05, 0) is 55.0 Å². The Labute approximate surface area is 151 Å². The molecule has 0 radical (unpaired) electrons. The fourth-order valence-electron chi connectivity index (χ4n) is 3.52. The maximum atomic E-state index is 12.6. The molecule has 0 spiro atoms. The third-order valence-corrected chi connectivity index (χ3v) is 5.26. The van der Waals surface area contributed by atoms with Crippen molar-refractivity contribution in [2.45, 2.75) is 51.2 Å². The minimum absolute atomic E-state index is 0.0328. The molecule has 3 atom stereocenters. The Kier molecular flexibility index (Phi) is 6.05. The highest BCUT2D eigenvalue weighted by atomic mass is 79.9. The number of amides is 2. The van der Waals surface area contributed by atoms with Crippen molar-refractivity contribution >= 4 is 22.0 Å². The Morgan fingerprint density at radius 1 is 1.33 bits per heavy atom. The number of likely N-dealkylation sites (tertiary alicyclic amines) is 1. The second-order valence-corrected chi connectivity index (χ2v) is 7.60. The van der Waals surface area contributed by atoms with Crippen LogP contribution in [0.3, 0.4) is 0 Å². The Morgan fingerprint density at radius 2 is 2.12 bits per heavy atom. The smallest absolute Gasteiger partial charge is 0.317 e. The molecule has 3 heterocycles. The van der Waals surface area contributed by atoms with Crippen molar-refractivity contribution < 1.29 is 9.53 Å². The summed E-state index contributed by atoms with van der Waals surface area (Å²) in [7, 11) is 0. The summed E-state index contributed by atoms with van der Waals surface area (Å²) in [5.41, 5.74) is 0. The molecule has 3 rings (SSSR count). The highest BCUT2D eigenvalue weighted by molar-refractivity contribution is 9.10. The van der Waals surface area contributed by atoms with Crippen molar-refractivity contribution in [3.8, 4) is 0 Å². The van der Waals surface area contributed by atoms with Gasteiger partial charge in [0.1, 0.15) is 5.82 Å². The van der Waals surface area contributed by atoms with Gasteiger partial charge < -0.3 is 15.0 Å². The van der Waals surface area contributed by atoms with Crippen molar-refractivity contribution in [1.29, 1.82) is 0 Å². The van der Waals surface area contributed by atoms with Crippen LogP contribution >= 0.6 is 15.9 Å². The standard InChI is InChI=1S/C17H25BrN4O2/c1-12(16-19-9-14(18)10-20-16)21-17(23)22-7-4-5-13(11-22)15-6-2-3-8-24-15/h9-10,12-13,15H,2-8,11H2,1H3,(H,21,23). The molecule has 2 fully saturated rings. The zero-order valence-electron chi connectivity index (χ0n) is 14.1. The molecule has 1 aromatic rings. The van der Waals surface area contributed by atoms with Crippen molar-refractivity contribution in [3.05, 3.63) is 22.7 Å². The fourth-order valence-corrected chi connectivity index (χ4v) is 3.73. The number of aromatic nitrogens is 2. The number of carbonyl (C=O) groups excluding carboxylic acids is 1. The molecule has 7 heteroatoms. The number of hydrogen-bond acceptors (Lipinski definition) is 4. The summed E-state index contributed by atoms with van der Waals surface area (Å²) >= 11 is 3.32. The highest BCUT2D eigenvalue weighted by Crippen LogP contribution is 2.27. The van der Waals surface area contributed by atoms with E-state index >= 15 is 0 Å². The summed E-state index contributed by atoms with van der Waals surface area (Å²) in [4.78, 5) is 23.0. The first kappa shape index (κ1) is 17.6. The van der Waals surface area contributed by atoms with E-state index in [1.165, 1.54) is 6.42 Å². The minimum atomic E-state index is -0.211. The van der Waals surface area contributed by atoms with E-state index in [0.29, 0.717) is 17.8 Å². The zero-order chi connectivity index (χ0) is 16.9. The number of nitrogens with one attached hydrogen (secondary N) is 1. The van der Waals surface area contributed by atoms with Crippen LogP contribution < -0.4 is 5.32 Å². The maximum absolute atomic E-state index is 12.6. The predicted octanol–water partition coefficient (Wildman–Crippen LogP) is 3.29. The van der Waals surface area contributed by atoms with Crippen molar-refractivity contribution in [3.63, 3.8) is 0 Å². The molecule has 132 valence electrons. The number of piperidine rings is 1. The summed E-state index contributed by atoms with van der Waals surface area (Å²) in [6.45, 7) is 4.37. The number of carbonyl (C=O) groups is 1. The van der Waals surface area contributed by atoms with Crippen molar-refractivity contribution in [2.24, 2.45) is 5.92 Å². The van der Waals surface area contributed by atoms with Crippen LogP contribution in [-0.4, -0.2) is 46.7 Å². The van der Waals surface area contributed by atoms with Crippen LogP contribution in [0.5, 0.6) is 0 Å². The highest BCUT2D eigenvalue weighted by Gasteiger charge is 2.31. The summed E-state index contributed by atoms with van der Waals surface area (Å²) < 4.78 is 6.75. The second-order valence-electron chi connectivity index (χ2n) is 6.68. The summed E-state index contributed by atoms with van der Waals surface area (Å²) in [6.07, 6.45) is 9.44. The number of ether oxygens (including phenoxy) is 1. The van der Waals surface area contributed by atoms with Crippen molar-refractivity contribution in [1.82, 2.24) is 20.2 Å². The number of halogens is 1. The molecule has 1 N–H and O–H groups in total. The lowest BCUT2D eigenvalue weighted by molar-refractivity contribution is -0.0366. The van der Waals surface area contributed by atoms with E-state index in [4.69, 9.17) is 4.74 Å². The number of hydrogen-bond donors (Lipinski definition) is 1. The molecule has 0 saturated carbocycles. The van der Waals surface area contributed by atoms with Gasteiger partial charge in [-0.15, -0.1) is 0 Å². The molecular weight excluding hydrogens is 372 g/mol. The summed E-state index contributed by atoms with van der Waals surface area (Å²) in [5, 5.41) is 3.01.